The van der Waals surface area contributed by atoms with Crippen molar-refractivity contribution in [2.24, 2.45) is 5.73 Å². The summed E-state index contributed by atoms with van der Waals surface area (Å²) in [5.74, 6) is 0. The maximum atomic E-state index is 5.96. The van der Waals surface area contributed by atoms with Crippen LogP contribution in [0.5, 0.6) is 0 Å². The molecule has 1 heterocycles. The lowest BCUT2D eigenvalue weighted by Gasteiger charge is -2.08. The Bertz CT molecular complexity index is 405. The van der Waals surface area contributed by atoms with Crippen LogP contribution in [0.25, 0.3) is 11.0 Å². The van der Waals surface area contributed by atoms with Crippen molar-refractivity contribution in [1.29, 1.82) is 0 Å². The lowest BCUT2D eigenvalue weighted by atomic mass is 10.0. The monoisotopic (exact) mass is 175 g/mol. The summed E-state index contributed by atoms with van der Waals surface area (Å²) in [6.45, 7) is 2.08. The van der Waals surface area contributed by atoms with Gasteiger partial charge in [0.1, 0.15) is 5.58 Å². The Morgan fingerprint density at radius 3 is 3.00 bits per heavy atom. The standard InChI is InChI=1S/C11H13NO/c1-2-10(12)9-5-3-4-8-6-7-13-11(8)9/h3-7,10H,2,12H2,1H3. The van der Waals surface area contributed by atoms with E-state index in [1.165, 1.54) is 0 Å². The quantitative estimate of drug-likeness (QED) is 0.762. The van der Waals surface area contributed by atoms with E-state index >= 15 is 0 Å². The Morgan fingerprint density at radius 2 is 2.23 bits per heavy atom. The van der Waals surface area contributed by atoms with Gasteiger partial charge >= 0.3 is 0 Å². The van der Waals surface area contributed by atoms with E-state index in [1.807, 2.05) is 24.3 Å². The molecule has 2 aromatic rings. The van der Waals surface area contributed by atoms with E-state index in [2.05, 4.69) is 6.92 Å². The number of para-hydroxylation sites is 1. The Morgan fingerprint density at radius 1 is 1.38 bits per heavy atom. The molecule has 68 valence electrons. The fraction of sp³-hybridized carbons (Fsp3) is 0.273. The van der Waals surface area contributed by atoms with Gasteiger partial charge in [0.15, 0.2) is 0 Å². The number of hydrogen-bond donors (Lipinski definition) is 1. The molecule has 1 aromatic heterocycles. The highest BCUT2D eigenvalue weighted by molar-refractivity contribution is 5.80. The molecule has 0 fully saturated rings. The van der Waals surface area contributed by atoms with Crippen molar-refractivity contribution in [1.82, 2.24) is 0 Å². The van der Waals surface area contributed by atoms with Crippen LogP contribution in [0.2, 0.25) is 0 Å². The SMILES string of the molecule is CCC(N)c1cccc2ccoc12. The van der Waals surface area contributed by atoms with Crippen LogP contribution in [-0.4, -0.2) is 0 Å². The molecule has 0 amide bonds. The Hall–Kier alpha value is -1.28. The van der Waals surface area contributed by atoms with Gasteiger partial charge in [0.25, 0.3) is 0 Å². The summed E-state index contributed by atoms with van der Waals surface area (Å²) < 4.78 is 5.39. The second-order valence-electron chi connectivity index (χ2n) is 3.20. The van der Waals surface area contributed by atoms with Gasteiger partial charge in [-0.25, -0.2) is 0 Å². The maximum Gasteiger partial charge on any atom is 0.138 e. The van der Waals surface area contributed by atoms with Gasteiger partial charge < -0.3 is 10.2 Å². The maximum absolute atomic E-state index is 5.96. The summed E-state index contributed by atoms with van der Waals surface area (Å²) in [6, 6.07) is 8.11. The van der Waals surface area contributed by atoms with Crippen molar-refractivity contribution in [3.63, 3.8) is 0 Å². The zero-order valence-electron chi connectivity index (χ0n) is 7.66. The van der Waals surface area contributed by atoms with Gasteiger partial charge in [0, 0.05) is 17.0 Å². The first-order chi connectivity index (χ1) is 6.33. The topological polar surface area (TPSA) is 39.2 Å². The minimum atomic E-state index is 0.0786. The zero-order valence-corrected chi connectivity index (χ0v) is 7.66. The van der Waals surface area contributed by atoms with Gasteiger partial charge in [-0.2, -0.15) is 0 Å². The molecule has 1 atom stereocenters. The van der Waals surface area contributed by atoms with Crippen molar-refractivity contribution >= 4 is 11.0 Å². The first kappa shape index (κ1) is 8.32. The second-order valence-corrected chi connectivity index (χ2v) is 3.20. The third kappa shape index (κ3) is 1.33. The summed E-state index contributed by atoms with van der Waals surface area (Å²) in [5, 5.41) is 1.13. The smallest absolute Gasteiger partial charge is 0.138 e. The highest BCUT2D eigenvalue weighted by Crippen LogP contribution is 2.25. The van der Waals surface area contributed by atoms with Gasteiger partial charge in [-0.15, -0.1) is 0 Å². The summed E-state index contributed by atoms with van der Waals surface area (Å²) in [5.41, 5.74) is 7.99. The molecular weight excluding hydrogens is 162 g/mol. The van der Waals surface area contributed by atoms with Crippen LogP contribution in [0.15, 0.2) is 34.9 Å². The molecule has 2 rings (SSSR count). The van der Waals surface area contributed by atoms with Gasteiger partial charge in [-0.3, -0.25) is 0 Å². The Balaban J connectivity index is 2.60. The highest BCUT2D eigenvalue weighted by atomic mass is 16.3. The summed E-state index contributed by atoms with van der Waals surface area (Å²) in [7, 11) is 0. The van der Waals surface area contributed by atoms with Gasteiger partial charge in [0.2, 0.25) is 0 Å². The van der Waals surface area contributed by atoms with Crippen LogP contribution in [0.4, 0.5) is 0 Å². The fourth-order valence-electron chi connectivity index (χ4n) is 1.53. The number of benzene rings is 1. The molecule has 0 aliphatic carbocycles. The fourth-order valence-corrected chi connectivity index (χ4v) is 1.53. The van der Waals surface area contributed by atoms with Crippen LogP contribution in [0, 0.1) is 0 Å². The van der Waals surface area contributed by atoms with Crippen LogP contribution < -0.4 is 5.73 Å². The van der Waals surface area contributed by atoms with E-state index < -0.39 is 0 Å². The molecule has 0 aliphatic heterocycles. The van der Waals surface area contributed by atoms with E-state index in [0.717, 1.165) is 23.0 Å². The minimum absolute atomic E-state index is 0.0786. The molecule has 0 radical (unpaired) electrons. The van der Waals surface area contributed by atoms with Crippen LogP contribution in [-0.2, 0) is 0 Å². The normalized spacial score (nSPS) is 13.4. The zero-order chi connectivity index (χ0) is 9.26. The molecule has 2 nitrogen and oxygen atoms in total. The summed E-state index contributed by atoms with van der Waals surface area (Å²) >= 11 is 0. The molecule has 0 saturated carbocycles. The van der Waals surface area contributed by atoms with Crippen molar-refractivity contribution < 1.29 is 4.42 Å². The highest BCUT2D eigenvalue weighted by Gasteiger charge is 2.09. The molecule has 1 unspecified atom stereocenters. The average Bonchev–Trinajstić information content (AvgIpc) is 2.63. The average molecular weight is 175 g/mol. The summed E-state index contributed by atoms with van der Waals surface area (Å²) in [6.07, 6.45) is 2.64. The number of fused-ring (bicyclic) bond motifs is 1. The third-order valence-corrected chi connectivity index (χ3v) is 2.35. The molecule has 0 aliphatic rings. The molecule has 0 bridgehead atoms. The van der Waals surface area contributed by atoms with Gasteiger partial charge in [0.05, 0.1) is 6.26 Å². The Labute approximate surface area is 77.3 Å². The molecule has 0 spiro atoms. The van der Waals surface area contributed by atoms with Crippen LogP contribution in [0.1, 0.15) is 24.9 Å². The predicted molar refractivity (Wildman–Crippen MR) is 53.4 cm³/mol. The van der Waals surface area contributed by atoms with Crippen LogP contribution in [0.3, 0.4) is 0 Å². The predicted octanol–water partition coefficient (Wildman–Crippen LogP) is 2.84. The van der Waals surface area contributed by atoms with Crippen LogP contribution >= 0.6 is 0 Å². The van der Waals surface area contributed by atoms with Crippen molar-refractivity contribution in [3.05, 3.63) is 36.1 Å². The molecular formula is C11H13NO. The number of hydrogen-bond acceptors (Lipinski definition) is 2. The van der Waals surface area contributed by atoms with Gasteiger partial charge in [-0.05, 0) is 12.5 Å². The van der Waals surface area contributed by atoms with E-state index in [-0.39, 0.29) is 6.04 Å². The van der Waals surface area contributed by atoms with E-state index in [1.54, 1.807) is 6.26 Å². The van der Waals surface area contributed by atoms with Crippen molar-refractivity contribution in [2.75, 3.05) is 0 Å². The number of furan rings is 1. The Kier molecular flexibility index (Phi) is 2.07. The largest absolute Gasteiger partial charge is 0.464 e. The lowest BCUT2D eigenvalue weighted by molar-refractivity contribution is 0.598. The van der Waals surface area contributed by atoms with Crippen molar-refractivity contribution in [3.8, 4) is 0 Å². The molecule has 2 heteroatoms. The molecule has 1 aromatic carbocycles. The third-order valence-electron chi connectivity index (χ3n) is 2.35. The molecule has 0 saturated heterocycles. The number of rotatable bonds is 2. The minimum Gasteiger partial charge on any atom is -0.464 e. The van der Waals surface area contributed by atoms with E-state index in [4.69, 9.17) is 10.2 Å². The first-order valence-electron chi connectivity index (χ1n) is 4.54. The summed E-state index contributed by atoms with van der Waals surface area (Å²) in [4.78, 5) is 0. The van der Waals surface area contributed by atoms with Crippen molar-refractivity contribution in [2.45, 2.75) is 19.4 Å². The van der Waals surface area contributed by atoms with E-state index in [9.17, 15) is 0 Å². The lowest BCUT2D eigenvalue weighted by Crippen LogP contribution is -2.08. The second kappa shape index (κ2) is 3.23. The first-order valence-corrected chi connectivity index (χ1v) is 4.54. The van der Waals surface area contributed by atoms with Gasteiger partial charge in [-0.1, -0.05) is 25.1 Å². The van der Waals surface area contributed by atoms with E-state index in [0.29, 0.717) is 0 Å². The molecule has 13 heavy (non-hydrogen) atoms. The molecule has 2 N–H and O–H groups in total. The number of nitrogens with two attached hydrogens (primary N) is 1.